The lowest BCUT2D eigenvalue weighted by Gasteiger charge is -2.39. The van der Waals surface area contributed by atoms with Crippen molar-refractivity contribution >= 4 is 0 Å². The Balaban J connectivity index is 1.93. The van der Waals surface area contributed by atoms with Crippen LogP contribution in [0.3, 0.4) is 0 Å². The summed E-state index contributed by atoms with van der Waals surface area (Å²) in [7, 11) is 0. The maximum absolute atomic E-state index is 9.52. The number of aliphatic hydroxyl groups is 1. The van der Waals surface area contributed by atoms with E-state index in [1.807, 2.05) is 0 Å². The molecule has 2 atom stereocenters. The normalized spacial score (nSPS) is 36.9. The van der Waals surface area contributed by atoms with Gasteiger partial charge in [-0.1, -0.05) is 0 Å². The maximum Gasteiger partial charge on any atom is 0.0682 e. The van der Waals surface area contributed by atoms with Crippen molar-refractivity contribution in [2.75, 3.05) is 26.2 Å². The molecule has 0 radical (unpaired) electrons. The van der Waals surface area contributed by atoms with Gasteiger partial charge in [-0.25, -0.2) is 0 Å². The summed E-state index contributed by atoms with van der Waals surface area (Å²) in [6, 6.07) is 1.27. The minimum Gasteiger partial charge on any atom is -0.392 e. The number of hydrogen-bond donors (Lipinski definition) is 1. The first kappa shape index (κ1) is 9.44. The summed E-state index contributed by atoms with van der Waals surface area (Å²) in [5.74, 6) is 0. The molecule has 0 aromatic rings. The molecule has 2 rings (SSSR count). The smallest absolute Gasteiger partial charge is 0.0682 e. The van der Waals surface area contributed by atoms with Crippen LogP contribution in [0.4, 0.5) is 0 Å². The molecule has 2 aliphatic rings. The SMILES string of the molecule is CC(C)N1CCN2C[C@H](O)C[C@H]2C1. The topological polar surface area (TPSA) is 26.7 Å². The molecule has 0 bridgehead atoms. The molecular weight excluding hydrogens is 164 g/mol. The highest BCUT2D eigenvalue weighted by atomic mass is 16.3. The maximum atomic E-state index is 9.52. The van der Waals surface area contributed by atoms with Crippen molar-refractivity contribution < 1.29 is 5.11 Å². The fourth-order valence-electron chi connectivity index (χ4n) is 2.51. The Morgan fingerprint density at radius 3 is 2.69 bits per heavy atom. The molecule has 0 aliphatic carbocycles. The van der Waals surface area contributed by atoms with E-state index in [1.54, 1.807) is 0 Å². The molecule has 0 unspecified atom stereocenters. The Morgan fingerprint density at radius 1 is 1.23 bits per heavy atom. The molecule has 3 heteroatoms. The van der Waals surface area contributed by atoms with Crippen LogP contribution in [0.2, 0.25) is 0 Å². The second-order valence-corrected chi connectivity index (χ2v) is 4.63. The van der Waals surface area contributed by atoms with Crippen LogP contribution in [-0.2, 0) is 0 Å². The lowest BCUT2D eigenvalue weighted by Crippen LogP contribution is -2.52. The summed E-state index contributed by atoms with van der Waals surface area (Å²) in [6.45, 7) is 8.86. The van der Waals surface area contributed by atoms with E-state index in [-0.39, 0.29) is 6.10 Å². The van der Waals surface area contributed by atoms with E-state index in [9.17, 15) is 5.11 Å². The number of hydrogen-bond acceptors (Lipinski definition) is 3. The van der Waals surface area contributed by atoms with Gasteiger partial charge in [-0.3, -0.25) is 9.80 Å². The van der Waals surface area contributed by atoms with Crippen molar-refractivity contribution in [2.24, 2.45) is 0 Å². The third-order valence-corrected chi connectivity index (χ3v) is 3.36. The van der Waals surface area contributed by atoms with Gasteiger partial charge in [0.25, 0.3) is 0 Å². The molecule has 2 saturated heterocycles. The molecule has 13 heavy (non-hydrogen) atoms. The first-order valence-corrected chi connectivity index (χ1v) is 5.33. The second kappa shape index (κ2) is 3.56. The van der Waals surface area contributed by atoms with Gasteiger partial charge in [-0.05, 0) is 20.3 Å². The van der Waals surface area contributed by atoms with Crippen molar-refractivity contribution in [3.05, 3.63) is 0 Å². The monoisotopic (exact) mass is 184 g/mol. The van der Waals surface area contributed by atoms with E-state index in [0.717, 1.165) is 26.1 Å². The lowest BCUT2D eigenvalue weighted by molar-refractivity contribution is 0.0814. The van der Waals surface area contributed by atoms with Gasteiger partial charge in [0, 0.05) is 38.3 Å². The molecular formula is C10H20N2O. The minimum absolute atomic E-state index is 0.0721. The van der Waals surface area contributed by atoms with Crippen LogP contribution in [0.15, 0.2) is 0 Å². The minimum atomic E-state index is -0.0721. The van der Waals surface area contributed by atoms with E-state index in [4.69, 9.17) is 0 Å². The Bertz CT molecular complexity index is 184. The molecule has 2 fully saturated rings. The molecule has 2 heterocycles. The van der Waals surface area contributed by atoms with Crippen LogP contribution in [0.25, 0.3) is 0 Å². The summed E-state index contributed by atoms with van der Waals surface area (Å²) >= 11 is 0. The lowest BCUT2D eigenvalue weighted by atomic mass is 10.1. The van der Waals surface area contributed by atoms with Crippen LogP contribution in [0, 0.1) is 0 Å². The molecule has 0 saturated carbocycles. The number of nitrogens with zero attached hydrogens (tertiary/aromatic N) is 2. The van der Waals surface area contributed by atoms with E-state index >= 15 is 0 Å². The summed E-state index contributed by atoms with van der Waals surface area (Å²) in [4.78, 5) is 4.95. The van der Waals surface area contributed by atoms with Gasteiger partial charge in [0.2, 0.25) is 0 Å². The van der Waals surface area contributed by atoms with Gasteiger partial charge in [-0.15, -0.1) is 0 Å². The predicted octanol–water partition coefficient (Wildman–Crippen LogP) is 0.146. The summed E-state index contributed by atoms with van der Waals surface area (Å²) in [6.07, 6.45) is 0.903. The van der Waals surface area contributed by atoms with E-state index in [0.29, 0.717) is 12.1 Å². The standard InChI is InChI=1S/C10H20N2O/c1-8(2)11-3-4-12-7-10(13)5-9(12)6-11/h8-10,13H,3-7H2,1-2H3/t9-,10+/m0/s1. The van der Waals surface area contributed by atoms with Gasteiger partial charge in [0.05, 0.1) is 6.10 Å². The Labute approximate surface area is 80.3 Å². The molecule has 76 valence electrons. The summed E-state index contributed by atoms with van der Waals surface area (Å²) in [5.41, 5.74) is 0. The van der Waals surface area contributed by atoms with Crippen molar-refractivity contribution in [3.63, 3.8) is 0 Å². The van der Waals surface area contributed by atoms with Crippen molar-refractivity contribution in [1.29, 1.82) is 0 Å². The molecule has 0 aromatic carbocycles. The average molecular weight is 184 g/mol. The highest BCUT2D eigenvalue weighted by molar-refractivity contribution is 4.91. The van der Waals surface area contributed by atoms with E-state index in [2.05, 4.69) is 23.6 Å². The summed E-state index contributed by atoms with van der Waals surface area (Å²) in [5, 5.41) is 9.52. The number of rotatable bonds is 1. The highest BCUT2D eigenvalue weighted by Crippen LogP contribution is 2.22. The number of aliphatic hydroxyl groups excluding tert-OH is 1. The average Bonchev–Trinajstić information content (AvgIpc) is 2.42. The zero-order valence-electron chi connectivity index (χ0n) is 8.61. The Hall–Kier alpha value is -0.120. The van der Waals surface area contributed by atoms with E-state index < -0.39 is 0 Å². The fraction of sp³-hybridized carbons (Fsp3) is 1.00. The van der Waals surface area contributed by atoms with Crippen LogP contribution in [0.1, 0.15) is 20.3 Å². The van der Waals surface area contributed by atoms with Crippen LogP contribution >= 0.6 is 0 Å². The Morgan fingerprint density at radius 2 is 2.00 bits per heavy atom. The zero-order valence-corrected chi connectivity index (χ0v) is 8.61. The van der Waals surface area contributed by atoms with Crippen LogP contribution < -0.4 is 0 Å². The molecule has 0 aromatic heterocycles. The van der Waals surface area contributed by atoms with Gasteiger partial charge in [-0.2, -0.15) is 0 Å². The first-order valence-electron chi connectivity index (χ1n) is 5.33. The fourth-order valence-corrected chi connectivity index (χ4v) is 2.51. The third-order valence-electron chi connectivity index (χ3n) is 3.36. The molecule has 1 N–H and O–H groups in total. The van der Waals surface area contributed by atoms with Crippen molar-refractivity contribution in [2.45, 2.75) is 38.5 Å². The van der Waals surface area contributed by atoms with Crippen molar-refractivity contribution in [3.8, 4) is 0 Å². The van der Waals surface area contributed by atoms with Crippen LogP contribution in [0.5, 0.6) is 0 Å². The van der Waals surface area contributed by atoms with E-state index in [1.165, 1.54) is 6.54 Å². The number of fused-ring (bicyclic) bond motifs is 1. The van der Waals surface area contributed by atoms with Crippen LogP contribution in [-0.4, -0.2) is 59.3 Å². The zero-order chi connectivity index (χ0) is 9.42. The summed E-state index contributed by atoms with van der Waals surface area (Å²) < 4.78 is 0. The largest absolute Gasteiger partial charge is 0.392 e. The van der Waals surface area contributed by atoms with Gasteiger partial charge in [0.15, 0.2) is 0 Å². The van der Waals surface area contributed by atoms with Gasteiger partial charge < -0.3 is 5.11 Å². The molecule has 3 nitrogen and oxygen atoms in total. The second-order valence-electron chi connectivity index (χ2n) is 4.63. The first-order chi connectivity index (χ1) is 6.16. The molecule has 2 aliphatic heterocycles. The molecule has 0 spiro atoms. The third kappa shape index (κ3) is 1.87. The number of piperazine rings is 1. The highest BCUT2D eigenvalue weighted by Gasteiger charge is 2.35. The van der Waals surface area contributed by atoms with Gasteiger partial charge in [0.1, 0.15) is 0 Å². The van der Waals surface area contributed by atoms with Gasteiger partial charge >= 0.3 is 0 Å². The predicted molar refractivity (Wildman–Crippen MR) is 52.7 cm³/mol. The quantitative estimate of drug-likeness (QED) is 0.628. The van der Waals surface area contributed by atoms with Crippen molar-refractivity contribution in [1.82, 2.24) is 9.80 Å². The molecule has 0 amide bonds. The Kier molecular flexibility index (Phi) is 2.58.